The summed E-state index contributed by atoms with van der Waals surface area (Å²) >= 11 is 0. The molecule has 0 amide bonds. The number of rotatable bonds is 2. The van der Waals surface area contributed by atoms with Crippen LogP contribution in [0.3, 0.4) is 0 Å². The van der Waals surface area contributed by atoms with Crippen molar-refractivity contribution in [2.45, 2.75) is 0 Å². The van der Waals surface area contributed by atoms with Crippen LogP contribution in [0.15, 0.2) is 42.6 Å². The van der Waals surface area contributed by atoms with E-state index in [4.69, 9.17) is 10.5 Å². The topological polar surface area (TPSA) is 65.4 Å². The lowest BCUT2D eigenvalue weighted by atomic mass is 10.1. The molecule has 0 saturated carbocycles. The standard InChI is InChI=1S/C13H12N4O/c1-18-13-7-6-12-15-11(8-17(12)16-13)9-2-4-10(14)5-3-9/h2-8H,14H2,1H3. The third-order valence-corrected chi connectivity index (χ3v) is 2.71. The maximum atomic E-state index is 5.66. The molecule has 5 nitrogen and oxygen atoms in total. The van der Waals surface area contributed by atoms with Gasteiger partial charge in [-0.05, 0) is 18.2 Å². The second-order valence-electron chi connectivity index (χ2n) is 3.93. The van der Waals surface area contributed by atoms with Crippen molar-refractivity contribution in [2.24, 2.45) is 0 Å². The van der Waals surface area contributed by atoms with Crippen molar-refractivity contribution in [3.05, 3.63) is 42.6 Å². The Morgan fingerprint density at radius 1 is 1.11 bits per heavy atom. The van der Waals surface area contributed by atoms with Gasteiger partial charge in [0.2, 0.25) is 5.88 Å². The molecule has 0 unspecified atom stereocenters. The van der Waals surface area contributed by atoms with E-state index in [1.54, 1.807) is 17.7 Å². The third kappa shape index (κ3) is 1.75. The molecule has 2 N–H and O–H groups in total. The first-order valence-electron chi connectivity index (χ1n) is 5.52. The Balaban J connectivity index is 2.10. The molecular formula is C13H12N4O. The Labute approximate surface area is 104 Å². The summed E-state index contributed by atoms with van der Waals surface area (Å²) in [4.78, 5) is 4.49. The van der Waals surface area contributed by atoms with Gasteiger partial charge < -0.3 is 10.5 Å². The Morgan fingerprint density at radius 2 is 1.89 bits per heavy atom. The molecule has 0 fully saturated rings. The summed E-state index contributed by atoms with van der Waals surface area (Å²) in [6.07, 6.45) is 1.86. The average molecular weight is 240 g/mol. The molecule has 0 bridgehead atoms. The van der Waals surface area contributed by atoms with E-state index in [2.05, 4.69) is 10.1 Å². The van der Waals surface area contributed by atoms with Crippen LogP contribution in [0.2, 0.25) is 0 Å². The molecule has 0 aliphatic rings. The zero-order chi connectivity index (χ0) is 12.5. The molecule has 3 rings (SSSR count). The van der Waals surface area contributed by atoms with Crippen LogP contribution in [-0.2, 0) is 0 Å². The lowest BCUT2D eigenvalue weighted by Gasteiger charge is -1.97. The molecule has 5 heteroatoms. The molecule has 90 valence electrons. The fraction of sp³-hybridized carbons (Fsp3) is 0.0769. The minimum absolute atomic E-state index is 0.559. The summed E-state index contributed by atoms with van der Waals surface area (Å²) in [7, 11) is 1.59. The number of hydrogen-bond acceptors (Lipinski definition) is 4. The van der Waals surface area contributed by atoms with Gasteiger partial charge in [-0.2, -0.15) is 0 Å². The SMILES string of the molecule is COc1ccc2nc(-c3ccc(N)cc3)cn2n1. The number of aromatic nitrogens is 3. The maximum absolute atomic E-state index is 5.66. The summed E-state index contributed by atoms with van der Waals surface area (Å²) in [5.74, 6) is 0.559. The smallest absolute Gasteiger partial charge is 0.231 e. The van der Waals surface area contributed by atoms with E-state index in [1.165, 1.54) is 0 Å². The second kappa shape index (κ2) is 4.03. The summed E-state index contributed by atoms with van der Waals surface area (Å²) < 4.78 is 6.78. The van der Waals surface area contributed by atoms with Gasteiger partial charge in [0.25, 0.3) is 0 Å². The van der Waals surface area contributed by atoms with Gasteiger partial charge in [0.15, 0.2) is 5.65 Å². The quantitative estimate of drug-likeness (QED) is 0.696. The Bertz CT molecular complexity index is 688. The maximum Gasteiger partial charge on any atom is 0.231 e. The molecule has 0 saturated heterocycles. The summed E-state index contributed by atoms with van der Waals surface area (Å²) in [5.41, 5.74) is 9.05. The van der Waals surface area contributed by atoms with Gasteiger partial charge in [-0.25, -0.2) is 9.50 Å². The van der Waals surface area contributed by atoms with Gasteiger partial charge >= 0.3 is 0 Å². The molecule has 2 heterocycles. The third-order valence-electron chi connectivity index (χ3n) is 2.71. The average Bonchev–Trinajstić information content (AvgIpc) is 2.82. The van der Waals surface area contributed by atoms with Crippen molar-refractivity contribution in [3.8, 4) is 17.1 Å². The van der Waals surface area contributed by atoms with Gasteiger partial charge in [0.1, 0.15) is 0 Å². The van der Waals surface area contributed by atoms with E-state index in [9.17, 15) is 0 Å². The van der Waals surface area contributed by atoms with Crippen molar-refractivity contribution in [2.75, 3.05) is 12.8 Å². The van der Waals surface area contributed by atoms with E-state index in [0.717, 1.165) is 22.6 Å². The molecule has 0 atom stereocenters. The highest BCUT2D eigenvalue weighted by Gasteiger charge is 2.05. The predicted molar refractivity (Wildman–Crippen MR) is 69.4 cm³/mol. The fourth-order valence-corrected chi connectivity index (χ4v) is 1.77. The van der Waals surface area contributed by atoms with Gasteiger partial charge in [0, 0.05) is 17.3 Å². The summed E-state index contributed by atoms with van der Waals surface area (Å²) in [6, 6.07) is 11.2. The number of hydrogen-bond donors (Lipinski definition) is 1. The van der Waals surface area contributed by atoms with Gasteiger partial charge in [0.05, 0.1) is 19.0 Å². The summed E-state index contributed by atoms with van der Waals surface area (Å²) in [5, 5.41) is 4.26. The van der Waals surface area contributed by atoms with Crippen LogP contribution in [-0.4, -0.2) is 21.7 Å². The molecule has 0 aliphatic carbocycles. The van der Waals surface area contributed by atoms with Crippen LogP contribution in [0.25, 0.3) is 16.9 Å². The number of nitrogens with zero attached hydrogens (tertiary/aromatic N) is 3. The number of imidazole rings is 1. The highest BCUT2D eigenvalue weighted by molar-refractivity contribution is 5.64. The first kappa shape index (κ1) is 10.6. The van der Waals surface area contributed by atoms with Crippen LogP contribution in [0.4, 0.5) is 5.69 Å². The van der Waals surface area contributed by atoms with Crippen molar-refractivity contribution >= 4 is 11.3 Å². The molecule has 0 spiro atoms. The minimum Gasteiger partial charge on any atom is -0.480 e. The van der Waals surface area contributed by atoms with E-state index in [-0.39, 0.29) is 0 Å². The molecule has 1 aromatic carbocycles. The zero-order valence-electron chi connectivity index (χ0n) is 9.87. The van der Waals surface area contributed by atoms with Crippen LogP contribution in [0.1, 0.15) is 0 Å². The Kier molecular flexibility index (Phi) is 2.37. The lowest BCUT2D eigenvalue weighted by Crippen LogP contribution is -1.93. The van der Waals surface area contributed by atoms with Crippen molar-refractivity contribution in [1.29, 1.82) is 0 Å². The zero-order valence-corrected chi connectivity index (χ0v) is 9.87. The number of fused-ring (bicyclic) bond motifs is 1. The van der Waals surface area contributed by atoms with Crippen LogP contribution < -0.4 is 10.5 Å². The summed E-state index contributed by atoms with van der Waals surface area (Å²) in [6.45, 7) is 0. The van der Waals surface area contributed by atoms with Gasteiger partial charge in [-0.1, -0.05) is 12.1 Å². The Hall–Kier alpha value is -2.56. The van der Waals surface area contributed by atoms with Crippen LogP contribution >= 0.6 is 0 Å². The molecule has 0 aliphatic heterocycles. The first-order chi connectivity index (χ1) is 8.76. The van der Waals surface area contributed by atoms with Crippen molar-refractivity contribution in [3.63, 3.8) is 0 Å². The number of benzene rings is 1. The number of methoxy groups -OCH3 is 1. The number of anilines is 1. The van der Waals surface area contributed by atoms with Gasteiger partial charge in [-0.3, -0.25) is 0 Å². The van der Waals surface area contributed by atoms with E-state index >= 15 is 0 Å². The first-order valence-corrected chi connectivity index (χ1v) is 5.52. The van der Waals surface area contributed by atoms with E-state index in [1.807, 2.05) is 36.5 Å². The van der Waals surface area contributed by atoms with Crippen molar-refractivity contribution < 1.29 is 4.74 Å². The number of nitrogens with two attached hydrogens (primary N) is 1. The van der Waals surface area contributed by atoms with Gasteiger partial charge in [-0.15, -0.1) is 5.10 Å². The molecule has 0 radical (unpaired) electrons. The highest BCUT2D eigenvalue weighted by Crippen LogP contribution is 2.20. The monoisotopic (exact) mass is 240 g/mol. The van der Waals surface area contributed by atoms with Crippen LogP contribution in [0.5, 0.6) is 5.88 Å². The fourth-order valence-electron chi connectivity index (χ4n) is 1.77. The molecule has 3 aromatic rings. The Morgan fingerprint density at radius 3 is 2.61 bits per heavy atom. The molecular weight excluding hydrogens is 228 g/mol. The lowest BCUT2D eigenvalue weighted by molar-refractivity contribution is 0.390. The molecule has 18 heavy (non-hydrogen) atoms. The predicted octanol–water partition coefficient (Wildman–Crippen LogP) is 1.99. The van der Waals surface area contributed by atoms with Crippen LogP contribution in [0, 0.1) is 0 Å². The second-order valence-corrected chi connectivity index (χ2v) is 3.93. The van der Waals surface area contributed by atoms with Crippen molar-refractivity contribution in [1.82, 2.24) is 14.6 Å². The van der Waals surface area contributed by atoms with E-state index < -0.39 is 0 Å². The minimum atomic E-state index is 0.559. The van der Waals surface area contributed by atoms with E-state index in [0.29, 0.717) is 5.88 Å². The number of ether oxygens (including phenoxy) is 1. The highest BCUT2D eigenvalue weighted by atomic mass is 16.5. The number of nitrogen functional groups attached to an aromatic ring is 1. The largest absolute Gasteiger partial charge is 0.480 e. The molecule has 2 aromatic heterocycles. The normalized spacial score (nSPS) is 10.7.